The number of carbonyl (C=O) groups is 1. The summed E-state index contributed by atoms with van der Waals surface area (Å²) in [5.74, 6) is -0.861. The van der Waals surface area contributed by atoms with Crippen molar-refractivity contribution in [3.8, 4) is 0 Å². The molecule has 3 atom stereocenters. The van der Waals surface area contributed by atoms with Crippen LogP contribution in [0.5, 0.6) is 0 Å². The highest BCUT2D eigenvalue weighted by molar-refractivity contribution is 5.67. The number of hydrogen-bond acceptors (Lipinski definition) is 3. The molecular weight excluding hydrogens is 158 g/mol. The molecule has 0 rings (SSSR count). The maximum absolute atomic E-state index is 10.2. The molecule has 0 aromatic carbocycles. The molecule has 72 valence electrons. The van der Waals surface area contributed by atoms with E-state index in [1.807, 2.05) is 13.8 Å². The summed E-state index contributed by atoms with van der Waals surface area (Å²) < 4.78 is 0. The summed E-state index contributed by atoms with van der Waals surface area (Å²) in [6.45, 7) is 3.85. The second kappa shape index (κ2) is 5.11. The van der Waals surface area contributed by atoms with Crippen molar-refractivity contribution in [2.45, 2.75) is 38.8 Å². The van der Waals surface area contributed by atoms with Gasteiger partial charge < -0.3 is 15.9 Å². The van der Waals surface area contributed by atoms with Gasteiger partial charge in [-0.05, 0) is 5.92 Å². The van der Waals surface area contributed by atoms with Crippen LogP contribution in [0.25, 0.3) is 0 Å². The summed E-state index contributed by atoms with van der Waals surface area (Å²) in [5, 5.41) is 17.7. The minimum absolute atomic E-state index is 0.152. The molecule has 0 bridgehead atoms. The molecule has 0 aliphatic heterocycles. The van der Waals surface area contributed by atoms with E-state index in [0.717, 1.165) is 6.42 Å². The summed E-state index contributed by atoms with van der Waals surface area (Å²) in [4.78, 5) is 10.2. The fourth-order valence-corrected chi connectivity index (χ4v) is 0.966. The Hall–Kier alpha value is -0.610. The van der Waals surface area contributed by atoms with Crippen molar-refractivity contribution in [2.24, 2.45) is 11.7 Å². The fourth-order valence-electron chi connectivity index (χ4n) is 0.966. The first-order chi connectivity index (χ1) is 5.49. The largest absolute Gasteiger partial charge is 0.481 e. The van der Waals surface area contributed by atoms with Gasteiger partial charge >= 0.3 is 5.97 Å². The number of carboxylic acid groups (broad SMARTS) is 1. The Kier molecular flexibility index (Phi) is 4.85. The van der Waals surface area contributed by atoms with E-state index >= 15 is 0 Å². The normalized spacial score (nSPS) is 18.3. The number of rotatable bonds is 5. The first kappa shape index (κ1) is 11.4. The monoisotopic (exact) mass is 175 g/mol. The molecule has 4 N–H and O–H groups in total. The van der Waals surface area contributed by atoms with Crippen molar-refractivity contribution in [3.05, 3.63) is 0 Å². The predicted octanol–water partition coefficient (Wildman–Crippen LogP) is 0.195. The number of hydrogen-bond donors (Lipinski definition) is 3. The van der Waals surface area contributed by atoms with Gasteiger partial charge in [-0.2, -0.15) is 0 Å². The van der Waals surface area contributed by atoms with Gasteiger partial charge in [0.1, 0.15) is 0 Å². The number of aliphatic carboxylic acids is 1. The minimum Gasteiger partial charge on any atom is -0.481 e. The van der Waals surface area contributed by atoms with Gasteiger partial charge in [-0.3, -0.25) is 4.79 Å². The average Bonchev–Trinajstić information content (AvgIpc) is 2.00. The van der Waals surface area contributed by atoms with Crippen LogP contribution in [0.1, 0.15) is 26.7 Å². The molecule has 0 radical (unpaired) electrons. The predicted molar refractivity (Wildman–Crippen MR) is 45.7 cm³/mol. The Bertz CT molecular complexity index is 149. The van der Waals surface area contributed by atoms with Crippen molar-refractivity contribution in [1.29, 1.82) is 0 Å². The Balaban J connectivity index is 3.91. The zero-order valence-corrected chi connectivity index (χ0v) is 7.53. The highest BCUT2D eigenvalue weighted by atomic mass is 16.4. The highest BCUT2D eigenvalue weighted by Crippen LogP contribution is 2.10. The molecule has 4 nitrogen and oxygen atoms in total. The third kappa shape index (κ3) is 3.69. The Morgan fingerprint density at radius 3 is 2.42 bits per heavy atom. The SMILES string of the molecule is CC[C@H](C)[C@@H](N)[C@H](O)CC(=O)O. The van der Waals surface area contributed by atoms with Gasteiger partial charge in [0, 0.05) is 6.04 Å². The van der Waals surface area contributed by atoms with E-state index in [-0.39, 0.29) is 12.3 Å². The second-order valence-electron chi connectivity index (χ2n) is 3.13. The van der Waals surface area contributed by atoms with Crippen molar-refractivity contribution in [1.82, 2.24) is 0 Å². The molecule has 0 aliphatic carbocycles. The minimum atomic E-state index is -1.01. The number of carboxylic acids is 1. The van der Waals surface area contributed by atoms with E-state index in [1.54, 1.807) is 0 Å². The quantitative estimate of drug-likeness (QED) is 0.557. The molecule has 0 aliphatic rings. The number of nitrogens with two attached hydrogens (primary N) is 1. The first-order valence-electron chi connectivity index (χ1n) is 4.14. The van der Waals surface area contributed by atoms with Crippen LogP contribution in [0.4, 0.5) is 0 Å². The molecule has 4 heteroatoms. The maximum atomic E-state index is 10.2. The molecule has 0 spiro atoms. The van der Waals surface area contributed by atoms with Crippen molar-refractivity contribution in [2.75, 3.05) is 0 Å². The van der Waals surface area contributed by atoms with Gasteiger partial charge in [0.2, 0.25) is 0 Å². The van der Waals surface area contributed by atoms with Gasteiger partial charge in [-0.25, -0.2) is 0 Å². The topological polar surface area (TPSA) is 83.5 Å². The zero-order valence-electron chi connectivity index (χ0n) is 7.53. The summed E-state index contributed by atoms with van der Waals surface area (Å²) >= 11 is 0. The first-order valence-corrected chi connectivity index (χ1v) is 4.14. The lowest BCUT2D eigenvalue weighted by atomic mass is 9.94. The van der Waals surface area contributed by atoms with Crippen LogP contribution in [0.15, 0.2) is 0 Å². The van der Waals surface area contributed by atoms with Crippen LogP contribution in [0.3, 0.4) is 0 Å². The molecule has 0 aromatic heterocycles. The van der Waals surface area contributed by atoms with Crippen LogP contribution in [-0.2, 0) is 4.79 Å². The zero-order chi connectivity index (χ0) is 9.72. The molecule has 0 heterocycles. The third-order valence-electron chi connectivity index (χ3n) is 2.13. The molecule has 0 fully saturated rings. The molecule has 0 aromatic rings. The summed E-state index contributed by atoms with van der Waals surface area (Å²) in [5.41, 5.74) is 5.61. The average molecular weight is 175 g/mol. The molecule has 0 saturated carbocycles. The lowest BCUT2D eigenvalue weighted by Crippen LogP contribution is -2.41. The van der Waals surface area contributed by atoms with Crippen LogP contribution in [-0.4, -0.2) is 28.3 Å². The van der Waals surface area contributed by atoms with Gasteiger partial charge in [-0.15, -0.1) is 0 Å². The molecule has 12 heavy (non-hydrogen) atoms. The smallest absolute Gasteiger partial charge is 0.306 e. The highest BCUT2D eigenvalue weighted by Gasteiger charge is 2.22. The molecule has 0 unspecified atom stereocenters. The second-order valence-corrected chi connectivity index (χ2v) is 3.13. The van der Waals surface area contributed by atoms with E-state index in [1.165, 1.54) is 0 Å². The number of aliphatic hydroxyl groups is 1. The maximum Gasteiger partial charge on any atom is 0.306 e. The van der Waals surface area contributed by atoms with E-state index in [4.69, 9.17) is 10.8 Å². The lowest BCUT2D eigenvalue weighted by molar-refractivity contribution is -0.139. The lowest BCUT2D eigenvalue weighted by Gasteiger charge is -2.22. The summed E-state index contributed by atoms with van der Waals surface area (Å²) in [6.07, 6.45) is -0.360. The van der Waals surface area contributed by atoms with Gasteiger partial charge in [0.05, 0.1) is 12.5 Å². The van der Waals surface area contributed by atoms with Crippen molar-refractivity contribution in [3.63, 3.8) is 0 Å². The molecular formula is C8H17NO3. The van der Waals surface area contributed by atoms with E-state index in [2.05, 4.69) is 0 Å². The Labute approximate surface area is 72.4 Å². The third-order valence-corrected chi connectivity index (χ3v) is 2.13. The molecule has 0 saturated heterocycles. The van der Waals surface area contributed by atoms with E-state index in [0.29, 0.717) is 0 Å². The van der Waals surface area contributed by atoms with Crippen LogP contribution in [0, 0.1) is 5.92 Å². The Morgan fingerprint density at radius 1 is 1.58 bits per heavy atom. The Morgan fingerprint density at radius 2 is 2.08 bits per heavy atom. The van der Waals surface area contributed by atoms with Gasteiger partial charge in [0.15, 0.2) is 0 Å². The fraction of sp³-hybridized carbons (Fsp3) is 0.875. The standard InChI is InChI=1S/C8H17NO3/c1-3-5(2)8(9)6(10)4-7(11)12/h5-6,8,10H,3-4,9H2,1-2H3,(H,11,12)/t5-,6+,8+/m0/s1. The van der Waals surface area contributed by atoms with Crippen LogP contribution in [0.2, 0.25) is 0 Å². The van der Waals surface area contributed by atoms with Crippen LogP contribution < -0.4 is 5.73 Å². The van der Waals surface area contributed by atoms with Crippen molar-refractivity contribution >= 4 is 5.97 Å². The van der Waals surface area contributed by atoms with E-state index < -0.39 is 18.1 Å². The molecule has 0 amide bonds. The summed E-state index contributed by atoms with van der Waals surface area (Å²) in [7, 11) is 0. The van der Waals surface area contributed by atoms with Crippen LogP contribution >= 0.6 is 0 Å². The summed E-state index contributed by atoms with van der Waals surface area (Å²) in [6, 6.07) is -0.439. The number of aliphatic hydroxyl groups excluding tert-OH is 1. The van der Waals surface area contributed by atoms with Gasteiger partial charge in [-0.1, -0.05) is 20.3 Å². The van der Waals surface area contributed by atoms with Gasteiger partial charge in [0.25, 0.3) is 0 Å². The van der Waals surface area contributed by atoms with E-state index in [9.17, 15) is 9.90 Å². The van der Waals surface area contributed by atoms with Crippen molar-refractivity contribution < 1.29 is 15.0 Å².